The maximum Gasteiger partial charge on any atom is 0.303 e. The van der Waals surface area contributed by atoms with Gasteiger partial charge in [-0.1, -0.05) is 48.2 Å². The van der Waals surface area contributed by atoms with Crippen molar-refractivity contribution in [2.45, 2.75) is 12.8 Å². The second-order valence-corrected chi connectivity index (χ2v) is 8.27. The first-order valence-corrected chi connectivity index (χ1v) is 10.3. The van der Waals surface area contributed by atoms with Crippen LogP contribution in [0.4, 0.5) is 5.69 Å². The van der Waals surface area contributed by atoms with Crippen molar-refractivity contribution in [2.24, 2.45) is 0 Å². The van der Waals surface area contributed by atoms with Gasteiger partial charge in [-0.25, -0.2) is 0 Å². The summed E-state index contributed by atoms with van der Waals surface area (Å²) < 4.78 is 0.376. The predicted octanol–water partition coefficient (Wildman–Crippen LogP) is 4.39. The molecule has 144 valence electrons. The molecule has 0 saturated carbocycles. The number of nitro groups is 1. The average Bonchev–Trinajstić information content (AvgIpc) is 3.23. The lowest BCUT2D eigenvalue weighted by Crippen LogP contribution is -2.29. The lowest BCUT2D eigenvalue weighted by atomic mass is 10.0. The number of benzene rings is 1. The summed E-state index contributed by atoms with van der Waals surface area (Å²) in [5.74, 6) is -1.21. The molecule has 1 amide bonds. The van der Waals surface area contributed by atoms with Crippen molar-refractivity contribution in [2.75, 3.05) is 6.54 Å². The Kier molecular flexibility index (Phi) is 6.22. The molecule has 7 nitrogen and oxygen atoms in total. The summed E-state index contributed by atoms with van der Waals surface area (Å²) >= 11 is 7.63. The number of hydrogen-bond acceptors (Lipinski definition) is 7. The zero-order valence-electron chi connectivity index (χ0n) is 14.4. The molecule has 2 aromatic rings. The van der Waals surface area contributed by atoms with Crippen molar-refractivity contribution >= 4 is 63.3 Å². The van der Waals surface area contributed by atoms with Gasteiger partial charge in [-0.05, 0) is 23.6 Å². The van der Waals surface area contributed by atoms with E-state index in [1.807, 2.05) is 0 Å². The highest BCUT2D eigenvalue weighted by atomic mass is 32.2. The van der Waals surface area contributed by atoms with Crippen LogP contribution in [0.1, 0.15) is 18.4 Å². The Hall–Kier alpha value is -2.56. The number of rotatable bonds is 7. The Bertz CT molecular complexity index is 999. The molecule has 0 aliphatic carbocycles. The van der Waals surface area contributed by atoms with Gasteiger partial charge in [0.25, 0.3) is 11.6 Å². The highest BCUT2D eigenvalue weighted by Gasteiger charge is 2.32. The van der Waals surface area contributed by atoms with Crippen LogP contribution in [0.2, 0.25) is 0 Å². The topological polar surface area (TPSA) is 101 Å². The molecular formula is C18H14N2O5S3. The van der Waals surface area contributed by atoms with E-state index in [1.165, 1.54) is 21.6 Å². The van der Waals surface area contributed by atoms with E-state index in [0.717, 1.165) is 11.8 Å². The number of thioether (sulfide) groups is 1. The molecule has 1 fully saturated rings. The van der Waals surface area contributed by atoms with Gasteiger partial charge in [0.2, 0.25) is 0 Å². The maximum absolute atomic E-state index is 12.7. The standard InChI is InChI=1S/C18H14N2O5S3/c21-16(22)6-3-7-19-17(23)15(28-18(19)26)8-11-4-1-2-5-12(11)13-9-27-10-14(13)20(24)25/h1-2,4-5,8-10H,3,6-7H2,(H,21,22). The minimum absolute atomic E-state index is 0.0204. The first kappa shape index (κ1) is 20.2. The van der Waals surface area contributed by atoms with Gasteiger partial charge >= 0.3 is 5.97 Å². The number of aliphatic carboxylic acids is 1. The molecule has 0 bridgehead atoms. The van der Waals surface area contributed by atoms with Crippen molar-refractivity contribution in [3.8, 4) is 11.1 Å². The minimum Gasteiger partial charge on any atom is -0.481 e. The van der Waals surface area contributed by atoms with Crippen LogP contribution < -0.4 is 0 Å². The molecule has 1 saturated heterocycles. The van der Waals surface area contributed by atoms with Crippen LogP contribution in [0.3, 0.4) is 0 Å². The molecule has 1 N–H and O–H groups in total. The number of carbonyl (C=O) groups excluding carboxylic acids is 1. The smallest absolute Gasteiger partial charge is 0.303 e. The summed E-state index contributed by atoms with van der Waals surface area (Å²) in [4.78, 5) is 36.0. The van der Waals surface area contributed by atoms with Crippen LogP contribution >= 0.6 is 35.3 Å². The number of carboxylic acid groups (broad SMARTS) is 1. The molecule has 1 aliphatic heterocycles. The lowest BCUT2D eigenvalue weighted by Gasteiger charge is -2.13. The van der Waals surface area contributed by atoms with E-state index in [4.69, 9.17) is 17.3 Å². The number of amides is 1. The fraction of sp³-hybridized carbons (Fsp3) is 0.167. The van der Waals surface area contributed by atoms with E-state index in [2.05, 4.69) is 0 Å². The lowest BCUT2D eigenvalue weighted by molar-refractivity contribution is -0.383. The van der Waals surface area contributed by atoms with Crippen LogP contribution in [0.25, 0.3) is 17.2 Å². The van der Waals surface area contributed by atoms with E-state index in [0.29, 0.717) is 32.3 Å². The van der Waals surface area contributed by atoms with Crippen LogP contribution in [-0.4, -0.2) is 37.7 Å². The molecule has 10 heteroatoms. The van der Waals surface area contributed by atoms with Crippen LogP contribution in [-0.2, 0) is 9.59 Å². The van der Waals surface area contributed by atoms with E-state index < -0.39 is 10.9 Å². The molecule has 28 heavy (non-hydrogen) atoms. The molecule has 1 aliphatic rings. The Balaban J connectivity index is 1.89. The minimum atomic E-state index is -0.924. The van der Waals surface area contributed by atoms with Crippen LogP contribution in [0, 0.1) is 10.1 Å². The summed E-state index contributed by atoms with van der Waals surface area (Å²) in [6, 6.07) is 7.13. The first-order valence-electron chi connectivity index (χ1n) is 8.15. The van der Waals surface area contributed by atoms with Crippen molar-refractivity contribution in [3.63, 3.8) is 0 Å². The molecule has 0 radical (unpaired) electrons. The average molecular weight is 435 g/mol. The molecule has 0 atom stereocenters. The quantitative estimate of drug-likeness (QED) is 0.298. The van der Waals surface area contributed by atoms with Gasteiger partial charge in [0, 0.05) is 18.3 Å². The number of thiocarbonyl (C=S) groups is 1. The molecule has 0 unspecified atom stereocenters. The fourth-order valence-corrected chi connectivity index (χ4v) is 4.82. The normalized spacial score (nSPS) is 15.4. The van der Waals surface area contributed by atoms with Crippen molar-refractivity contribution in [1.29, 1.82) is 0 Å². The van der Waals surface area contributed by atoms with Gasteiger partial charge < -0.3 is 5.11 Å². The second kappa shape index (κ2) is 8.63. The zero-order chi connectivity index (χ0) is 20.3. The molecule has 0 spiro atoms. The third-order valence-electron chi connectivity index (χ3n) is 4.02. The van der Waals surface area contributed by atoms with Crippen LogP contribution in [0.15, 0.2) is 39.9 Å². The largest absolute Gasteiger partial charge is 0.481 e. The number of nitrogens with zero attached hydrogens (tertiary/aromatic N) is 2. The summed E-state index contributed by atoms with van der Waals surface area (Å²) in [5, 5.41) is 23.2. The Morgan fingerprint density at radius 2 is 2.04 bits per heavy atom. The Morgan fingerprint density at radius 3 is 2.75 bits per heavy atom. The van der Waals surface area contributed by atoms with Crippen molar-refractivity contribution < 1.29 is 19.6 Å². The molecule has 1 aromatic heterocycles. The second-order valence-electron chi connectivity index (χ2n) is 5.85. The first-order chi connectivity index (χ1) is 13.4. The van der Waals surface area contributed by atoms with Gasteiger partial charge in [-0.3, -0.25) is 24.6 Å². The Morgan fingerprint density at radius 1 is 1.29 bits per heavy atom. The number of carboxylic acids is 1. The number of thiophene rings is 1. The summed E-state index contributed by atoms with van der Waals surface area (Å²) in [7, 11) is 0. The highest BCUT2D eigenvalue weighted by Crippen LogP contribution is 2.38. The molecular weight excluding hydrogens is 420 g/mol. The molecule has 2 heterocycles. The Labute approximate surface area is 173 Å². The fourth-order valence-electron chi connectivity index (χ4n) is 2.72. The zero-order valence-corrected chi connectivity index (χ0v) is 16.8. The van der Waals surface area contributed by atoms with Crippen molar-refractivity contribution in [1.82, 2.24) is 4.90 Å². The number of carbonyl (C=O) groups is 2. The van der Waals surface area contributed by atoms with Gasteiger partial charge in [0.05, 0.1) is 20.8 Å². The van der Waals surface area contributed by atoms with Gasteiger partial charge in [-0.15, -0.1) is 11.3 Å². The monoisotopic (exact) mass is 434 g/mol. The van der Waals surface area contributed by atoms with E-state index >= 15 is 0 Å². The predicted molar refractivity (Wildman–Crippen MR) is 113 cm³/mol. The van der Waals surface area contributed by atoms with Gasteiger partial charge in [0.15, 0.2) is 0 Å². The maximum atomic E-state index is 12.7. The molecule has 3 rings (SSSR count). The van der Waals surface area contributed by atoms with Gasteiger partial charge in [0.1, 0.15) is 4.32 Å². The summed E-state index contributed by atoms with van der Waals surface area (Å²) in [6.45, 7) is 0.242. The highest BCUT2D eigenvalue weighted by molar-refractivity contribution is 8.26. The SMILES string of the molecule is O=C(O)CCCN1C(=O)C(=Cc2ccccc2-c2cscc2[N+](=O)[O-])SC1=S. The summed E-state index contributed by atoms with van der Waals surface area (Å²) in [6.07, 6.45) is 1.95. The third kappa shape index (κ3) is 4.29. The molecule has 1 aromatic carbocycles. The van der Waals surface area contributed by atoms with Crippen molar-refractivity contribution in [3.05, 3.63) is 55.6 Å². The van der Waals surface area contributed by atoms with E-state index in [1.54, 1.807) is 35.7 Å². The number of hydrogen-bond donors (Lipinski definition) is 1. The van der Waals surface area contributed by atoms with Gasteiger partial charge in [-0.2, -0.15) is 0 Å². The van der Waals surface area contributed by atoms with Crippen LogP contribution in [0.5, 0.6) is 0 Å². The summed E-state index contributed by atoms with van der Waals surface area (Å²) in [5.41, 5.74) is 1.85. The van der Waals surface area contributed by atoms with E-state index in [-0.39, 0.29) is 24.6 Å². The third-order valence-corrected chi connectivity index (χ3v) is 6.13. The van der Waals surface area contributed by atoms with E-state index in [9.17, 15) is 19.7 Å².